The number of halogens is 2. The molecule has 0 saturated heterocycles. The van der Waals surface area contributed by atoms with E-state index >= 15 is 0 Å². The Morgan fingerprint density at radius 1 is 1.29 bits per heavy atom. The summed E-state index contributed by atoms with van der Waals surface area (Å²) in [7, 11) is 3.39. The molecule has 1 unspecified atom stereocenters. The molecule has 1 aromatic carbocycles. The van der Waals surface area contributed by atoms with Crippen molar-refractivity contribution in [1.29, 1.82) is 0 Å². The molecule has 0 amide bonds. The molecular formula is C12H17Br2NO2. The monoisotopic (exact) mass is 365 g/mol. The highest BCUT2D eigenvalue weighted by molar-refractivity contribution is 9.11. The van der Waals surface area contributed by atoms with Crippen molar-refractivity contribution in [2.75, 3.05) is 20.8 Å². The van der Waals surface area contributed by atoms with Crippen LogP contribution in [0.5, 0.6) is 5.75 Å². The molecule has 17 heavy (non-hydrogen) atoms. The smallest absolute Gasteiger partial charge is 0.137 e. The van der Waals surface area contributed by atoms with Gasteiger partial charge in [0.25, 0.3) is 0 Å². The molecule has 0 heterocycles. The van der Waals surface area contributed by atoms with Crippen molar-refractivity contribution in [3.8, 4) is 5.75 Å². The van der Waals surface area contributed by atoms with Crippen molar-refractivity contribution in [3.05, 3.63) is 26.6 Å². The molecule has 1 rings (SSSR count). The lowest BCUT2D eigenvalue weighted by atomic mass is 10.2. The first-order chi connectivity index (χ1) is 8.08. The molecule has 5 heteroatoms. The Bertz CT molecular complexity index is 372. The van der Waals surface area contributed by atoms with Gasteiger partial charge in [-0.1, -0.05) is 15.9 Å². The quantitative estimate of drug-likeness (QED) is 0.837. The molecule has 0 bridgehead atoms. The third-order valence-electron chi connectivity index (χ3n) is 2.44. The van der Waals surface area contributed by atoms with E-state index in [2.05, 4.69) is 37.2 Å². The van der Waals surface area contributed by atoms with Crippen molar-refractivity contribution >= 4 is 31.9 Å². The lowest BCUT2D eigenvalue weighted by Gasteiger charge is -2.14. The summed E-state index contributed by atoms with van der Waals surface area (Å²) in [4.78, 5) is 0. The van der Waals surface area contributed by atoms with Gasteiger partial charge in [-0.25, -0.2) is 0 Å². The van der Waals surface area contributed by atoms with E-state index in [1.165, 1.54) is 0 Å². The minimum Gasteiger partial charge on any atom is -0.495 e. The van der Waals surface area contributed by atoms with Crippen LogP contribution in [0.15, 0.2) is 21.1 Å². The van der Waals surface area contributed by atoms with Crippen LogP contribution >= 0.6 is 31.9 Å². The fourth-order valence-electron chi connectivity index (χ4n) is 1.47. The van der Waals surface area contributed by atoms with Gasteiger partial charge in [-0.15, -0.1) is 0 Å². The van der Waals surface area contributed by atoms with Gasteiger partial charge in [-0.2, -0.15) is 0 Å². The first kappa shape index (κ1) is 15.0. The molecule has 3 nitrogen and oxygen atoms in total. The van der Waals surface area contributed by atoms with Crippen LogP contribution in [0.25, 0.3) is 0 Å². The summed E-state index contributed by atoms with van der Waals surface area (Å²) in [5.74, 6) is 0.866. The van der Waals surface area contributed by atoms with E-state index in [-0.39, 0.29) is 6.10 Å². The second kappa shape index (κ2) is 7.36. The molecule has 0 aliphatic heterocycles. The van der Waals surface area contributed by atoms with Gasteiger partial charge in [0, 0.05) is 30.2 Å². The van der Waals surface area contributed by atoms with Crippen molar-refractivity contribution in [1.82, 2.24) is 5.32 Å². The summed E-state index contributed by atoms with van der Waals surface area (Å²) in [6.45, 7) is 3.58. The highest BCUT2D eigenvalue weighted by atomic mass is 79.9. The highest BCUT2D eigenvalue weighted by Crippen LogP contribution is 2.32. The lowest BCUT2D eigenvalue weighted by molar-refractivity contribution is 0.117. The van der Waals surface area contributed by atoms with Gasteiger partial charge in [0.1, 0.15) is 5.75 Å². The largest absolute Gasteiger partial charge is 0.495 e. The topological polar surface area (TPSA) is 30.5 Å². The Balaban J connectivity index is 2.69. The number of nitrogens with one attached hydrogen (secondary N) is 1. The summed E-state index contributed by atoms with van der Waals surface area (Å²) in [6, 6.07) is 4.02. The average molecular weight is 367 g/mol. The van der Waals surface area contributed by atoms with Crippen LogP contribution in [0, 0.1) is 0 Å². The highest BCUT2D eigenvalue weighted by Gasteiger charge is 2.09. The number of rotatable bonds is 6. The fraction of sp³-hybridized carbons (Fsp3) is 0.500. The standard InChI is InChI=1S/C12H17Br2NO2/c1-8(16-2)6-15-7-9-4-10(13)5-11(14)12(9)17-3/h4-5,8,15H,6-7H2,1-3H3. The summed E-state index contributed by atoms with van der Waals surface area (Å²) < 4.78 is 12.5. The van der Waals surface area contributed by atoms with E-state index in [9.17, 15) is 0 Å². The van der Waals surface area contributed by atoms with Crippen molar-refractivity contribution in [3.63, 3.8) is 0 Å². The first-order valence-corrected chi connectivity index (χ1v) is 6.92. The zero-order valence-corrected chi connectivity index (χ0v) is 13.4. The predicted octanol–water partition coefficient (Wildman–Crippen LogP) is 3.34. The van der Waals surface area contributed by atoms with Crippen LogP contribution in [-0.2, 0) is 11.3 Å². The van der Waals surface area contributed by atoms with Crippen LogP contribution in [-0.4, -0.2) is 26.9 Å². The van der Waals surface area contributed by atoms with E-state index in [0.29, 0.717) is 0 Å². The van der Waals surface area contributed by atoms with Crippen LogP contribution < -0.4 is 10.1 Å². The molecule has 0 aliphatic rings. The zero-order chi connectivity index (χ0) is 12.8. The van der Waals surface area contributed by atoms with Crippen molar-refractivity contribution < 1.29 is 9.47 Å². The van der Waals surface area contributed by atoms with Gasteiger partial charge < -0.3 is 14.8 Å². The third-order valence-corrected chi connectivity index (χ3v) is 3.49. The molecule has 0 radical (unpaired) electrons. The summed E-state index contributed by atoms with van der Waals surface area (Å²) in [5.41, 5.74) is 1.11. The van der Waals surface area contributed by atoms with Gasteiger partial charge in [0.2, 0.25) is 0 Å². The third kappa shape index (κ3) is 4.58. The Labute approximate surface area is 119 Å². The maximum atomic E-state index is 5.38. The average Bonchev–Trinajstić information content (AvgIpc) is 2.28. The summed E-state index contributed by atoms with van der Waals surface area (Å²) >= 11 is 6.96. The van der Waals surface area contributed by atoms with Gasteiger partial charge in [-0.3, -0.25) is 0 Å². The van der Waals surface area contributed by atoms with Crippen LogP contribution in [0.3, 0.4) is 0 Å². The van der Waals surface area contributed by atoms with Crippen LogP contribution in [0.1, 0.15) is 12.5 Å². The Hall–Kier alpha value is -0.100. The molecule has 0 saturated carbocycles. The minimum atomic E-state index is 0.205. The molecule has 0 spiro atoms. The fourth-order valence-corrected chi connectivity index (χ4v) is 2.94. The molecule has 96 valence electrons. The Morgan fingerprint density at radius 3 is 2.59 bits per heavy atom. The second-order valence-corrected chi connectivity index (χ2v) is 5.53. The van der Waals surface area contributed by atoms with E-state index in [1.807, 2.05) is 19.1 Å². The minimum absolute atomic E-state index is 0.205. The SMILES string of the molecule is COc1c(Br)cc(Br)cc1CNCC(C)OC. The summed E-state index contributed by atoms with van der Waals surface area (Å²) in [6.07, 6.45) is 0.205. The molecular weight excluding hydrogens is 350 g/mol. The van der Waals surface area contributed by atoms with Gasteiger partial charge in [0.15, 0.2) is 0 Å². The Morgan fingerprint density at radius 2 is 2.00 bits per heavy atom. The molecule has 0 fully saturated rings. The Kier molecular flexibility index (Phi) is 6.48. The maximum Gasteiger partial charge on any atom is 0.137 e. The van der Waals surface area contributed by atoms with Gasteiger partial charge in [-0.05, 0) is 35.0 Å². The first-order valence-electron chi connectivity index (χ1n) is 5.34. The summed E-state index contributed by atoms with van der Waals surface area (Å²) in [5, 5.41) is 3.33. The van der Waals surface area contributed by atoms with E-state index < -0.39 is 0 Å². The van der Waals surface area contributed by atoms with Gasteiger partial charge >= 0.3 is 0 Å². The number of benzene rings is 1. The van der Waals surface area contributed by atoms with E-state index in [4.69, 9.17) is 9.47 Å². The van der Waals surface area contributed by atoms with Crippen LogP contribution in [0.2, 0.25) is 0 Å². The van der Waals surface area contributed by atoms with Crippen LogP contribution in [0.4, 0.5) is 0 Å². The predicted molar refractivity (Wildman–Crippen MR) is 76.6 cm³/mol. The van der Waals surface area contributed by atoms with E-state index in [1.54, 1.807) is 14.2 Å². The lowest BCUT2D eigenvalue weighted by Crippen LogP contribution is -2.25. The normalized spacial score (nSPS) is 12.5. The van der Waals surface area contributed by atoms with Gasteiger partial charge in [0.05, 0.1) is 17.7 Å². The zero-order valence-electron chi connectivity index (χ0n) is 10.2. The number of hydrogen-bond acceptors (Lipinski definition) is 3. The van der Waals surface area contributed by atoms with E-state index in [0.717, 1.165) is 33.3 Å². The van der Waals surface area contributed by atoms with Crippen molar-refractivity contribution in [2.45, 2.75) is 19.6 Å². The molecule has 1 atom stereocenters. The number of ether oxygens (including phenoxy) is 2. The second-order valence-electron chi connectivity index (χ2n) is 3.76. The molecule has 0 aromatic heterocycles. The number of hydrogen-bond donors (Lipinski definition) is 1. The molecule has 1 N–H and O–H groups in total. The molecule has 1 aromatic rings. The number of methoxy groups -OCH3 is 2. The van der Waals surface area contributed by atoms with Crippen molar-refractivity contribution in [2.24, 2.45) is 0 Å². The molecule has 0 aliphatic carbocycles. The maximum absolute atomic E-state index is 5.38.